The molecule has 4 rings (SSSR count). The monoisotopic (exact) mass is 438 g/mol. The Hall–Kier alpha value is -3.04. The Kier molecular flexibility index (Phi) is 5.88. The minimum Gasteiger partial charge on any atom is -0.354 e. The zero-order chi connectivity index (χ0) is 22.0. The van der Waals surface area contributed by atoms with Crippen LogP contribution in [0.3, 0.4) is 0 Å². The molecule has 0 unspecified atom stereocenters. The smallest absolute Gasteiger partial charge is 0.243 e. The number of rotatable bonds is 5. The van der Waals surface area contributed by atoms with E-state index in [1.54, 1.807) is 18.3 Å². The predicted octanol–water partition coefficient (Wildman–Crippen LogP) is 3.05. The number of hydrogen-bond acceptors (Lipinski definition) is 7. The average molecular weight is 439 g/mol. The summed E-state index contributed by atoms with van der Waals surface area (Å²) in [5.41, 5.74) is 2.14. The topological polar surface area (TPSA) is 91.3 Å². The second-order valence-corrected chi connectivity index (χ2v) is 9.64. The molecule has 1 aromatic carbocycles. The first-order chi connectivity index (χ1) is 14.8. The molecule has 3 aromatic rings. The maximum atomic E-state index is 12.9. The number of nitrogens with zero attached hydrogens (tertiary/aromatic N) is 5. The van der Waals surface area contributed by atoms with Crippen molar-refractivity contribution < 1.29 is 8.42 Å². The van der Waals surface area contributed by atoms with E-state index in [-0.39, 0.29) is 0 Å². The van der Waals surface area contributed by atoms with Crippen LogP contribution in [0.2, 0.25) is 0 Å². The van der Waals surface area contributed by atoms with Crippen LogP contribution < -0.4 is 10.2 Å². The van der Waals surface area contributed by atoms with Crippen molar-refractivity contribution in [1.29, 1.82) is 0 Å². The fourth-order valence-corrected chi connectivity index (χ4v) is 4.95. The van der Waals surface area contributed by atoms with Gasteiger partial charge >= 0.3 is 0 Å². The molecule has 162 valence electrons. The Balaban J connectivity index is 1.47. The number of benzene rings is 1. The molecule has 2 aromatic heterocycles. The van der Waals surface area contributed by atoms with Crippen molar-refractivity contribution in [2.45, 2.75) is 25.7 Å². The molecule has 1 aliphatic rings. The van der Waals surface area contributed by atoms with Crippen molar-refractivity contribution in [3.05, 3.63) is 65.6 Å². The summed E-state index contributed by atoms with van der Waals surface area (Å²) in [6, 6.07) is 12.7. The highest BCUT2D eigenvalue weighted by Gasteiger charge is 2.29. The number of sulfonamides is 1. The molecule has 1 fully saturated rings. The van der Waals surface area contributed by atoms with Crippen LogP contribution in [0.1, 0.15) is 17.0 Å². The van der Waals surface area contributed by atoms with Crippen LogP contribution in [0, 0.1) is 20.8 Å². The molecule has 0 spiro atoms. The lowest BCUT2D eigenvalue weighted by molar-refractivity contribution is 0.383. The third kappa shape index (κ3) is 4.83. The molecular weight excluding hydrogens is 412 g/mol. The van der Waals surface area contributed by atoms with Crippen LogP contribution in [0.4, 0.5) is 17.5 Å². The standard InChI is InChI=1S/C22H26N6O2S/c1-16-4-6-19(7-5-16)31(29,30)28-12-10-27(11-13-28)22-15-21(24-18(3)25-22)26-20-14-17(2)8-9-23-20/h4-9,14-15H,10-13H2,1-3H3,(H,23,24,25,26). The molecule has 1 N–H and O–H groups in total. The minimum atomic E-state index is -3.49. The van der Waals surface area contributed by atoms with E-state index in [1.165, 1.54) is 4.31 Å². The molecule has 0 amide bonds. The Morgan fingerprint density at radius 3 is 2.23 bits per heavy atom. The van der Waals surface area contributed by atoms with Gasteiger partial charge in [0.05, 0.1) is 4.90 Å². The summed E-state index contributed by atoms with van der Waals surface area (Å²) < 4.78 is 27.4. The second kappa shape index (κ2) is 8.60. The van der Waals surface area contributed by atoms with E-state index < -0.39 is 10.0 Å². The predicted molar refractivity (Wildman–Crippen MR) is 121 cm³/mol. The van der Waals surface area contributed by atoms with Gasteiger partial charge < -0.3 is 10.2 Å². The number of anilines is 3. The summed E-state index contributed by atoms with van der Waals surface area (Å²) in [4.78, 5) is 15.8. The maximum absolute atomic E-state index is 12.9. The molecule has 0 radical (unpaired) electrons. The Morgan fingerprint density at radius 1 is 0.839 bits per heavy atom. The van der Waals surface area contributed by atoms with Crippen molar-refractivity contribution in [3.8, 4) is 0 Å². The lowest BCUT2D eigenvalue weighted by Crippen LogP contribution is -2.49. The van der Waals surface area contributed by atoms with Gasteiger partial charge in [-0.25, -0.2) is 23.4 Å². The van der Waals surface area contributed by atoms with E-state index in [0.29, 0.717) is 42.7 Å². The van der Waals surface area contributed by atoms with Gasteiger partial charge in [-0.3, -0.25) is 0 Å². The van der Waals surface area contributed by atoms with Gasteiger partial charge in [-0.2, -0.15) is 4.31 Å². The Bertz CT molecular complexity index is 1170. The molecule has 3 heterocycles. The maximum Gasteiger partial charge on any atom is 0.243 e. The molecule has 9 heteroatoms. The third-order valence-electron chi connectivity index (χ3n) is 5.22. The van der Waals surface area contributed by atoms with Crippen LogP contribution in [-0.4, -0.2) is 53.9 Å². The first-order valence-electron chi connectivity index (χ1n) is 10.2. The van der Waals surface area contributed by atoms with Gasteiger partial charge in [-0.15, -0.1) is 0 Å². The zero-order valence-corrected chi connectivity index (χ0v) is 18.7. The quantitative estimate of drug-likeness (QED) is 0.655. The van der Waals surface area contributed by atoms with E-state index in [2.05, 4.69) is 25.2 Å². The Morgan fingerprint density at radius 2 is 1.55 bits per heavy atom. The molecule has 8 nitrogen and oxygen atoms in total. The number of nitrogens with one attached hydrogen (secondary N) is 1. The van der Waals surface area contributed by atoms with Crippen LogP contribution >= 0.6 is 0 Å². The van der Waals surface area contributed by atoms with E-state index in [4.69, 9.17) is 0 Å². The van der Waals surface area contributed by atoms with Gasteiger partial charge in [0, 0.05) is 38.4 Å². The van der Waals surface area contributed by atoms with Gasteiger partial charge in [0.15, 0.2) is 0 Å². The fraction of sp³-hybridized carbons (Fsp3) is 0.318. The van der Waals surface area contributed by atoms with Gasteiger partial charge in [-0.05, 0) is 50.6 Å². The Labute approximate surface area is 183 Å². The molecule has 0 aliphatic carbocycles. The van der Waals surface area contributed by atoms with Gasteiger partial charge in [0.25, 0.3) is 0 Å². The van der Waals surface area contributed by atoms with Crippen molar-refractivity contribution in [3.63, 3.8) is 0 Å². The van der Waals surface area contributed by atoms with Gasteiger partial charge in [0.1, 0.15) is 23.3 Å². The highest BCUT2D eigenvalue weighted by atomic mass is 32.2. The van der Waals surface area contributed by atoms with Crippen LogP contribution in [0.5, 0.6) is 0 Å². The molecule has 1 aliphatic heterocycles. The van der Waals surface area contributed by atoms with Crippen LogP contribution in [0.25, 0.3) is 0 Å². The number of pyridine rings is 1. The van der Waals surface area contributed by atoms with Crippen molar-refractivity contribution in [2.75, 3.05) is 36.4 Å². The summed E-state index contributed by atoms with van der Waals surface area (Å²) in [7, 11) is -3.49. The van der Waals surface area contributed by atoms with Crippen LogP contribution in [-0.2, 0) is 10.0 Å². The highest BCUT2D eigenvalue weighted by molar-refractivity contribution is 7.89. The molecule has 1 saturated heterocycles. The van der Waals surface area contributed by atoms with Crippen molar-refractivity contribution in [2.24, 2.45) is 0 Å². The average Bonchev–Trinajstić information content (AvgIpc) is 2.74. The minimum absolute atomic E-state index is 0.335. The van der Waals surface area contributed by atoms with Crippen LogP contribution in [0.15, 0.2) is 53.6 Å². The normalized spacial score (nSPS) is 15.1. The summed E-state index contributed by atoms with van der Waals surface area (Å²) in [6.07, 6.45) is 1.75. The SMILES string of the molecule is Cc1ccc(S(=O)(=O)N2CCN(c3cc(Nc4cc(C)ccn4)nc(C)n3)CC2)cc1. The lowest BCUT2D eigenvalue weighted by Gasteiger charge is -2.34. The third-order valence-corrected chi connectivity index (χ3v) is 7.13. The molecule has 0 saturated carbocycles. The number of aromatic nitrogens is 3. The second-order valence-electron chi connectivity index (χ2n) is 7.71. The van der Waals surface area contributed by atoms with Crippen molar-refractivity contribution >= 4 is 27.5 Å². The van der Waals surface area contributed by atoms with E-state index in [1.807, 2.05) is 51.1 Å². The number of hydrogen-bond donors (Lipinski definition) is 1. The molecular formula is C22H26N6O2S. The zero-order valence-electron chi connectivity index (χ0n) is 17.9. The highest BCUT2D eigenvalue weighted by Crippen LogP contribution is 2.23. The van der Waals surface area contributed by atoms with E-state index in [9.17, 15) is 8.42 Å². The molecule has 31 heavy (non-hydrogen) atoms. The number of aryl methyl sites for hydroxylation is 3. The fourth-order valence-electron chi connectivity index (χ4n) is 3.53. The summed E-state index contributed by atoms with van der Waals surface area (Å²) in [6.45, 7) is 7.72. The summed E-state index contributed by atoms with van der Waals surface area (Å²) >= 11 is 0. The molecule has 0 bridgehead atoms. The molecule has 0 atom stereocenters. The first-order valence-corrected chi connectivity index (χ1v) is 11.6. The van der Waals surface area contributed by atoms with Gasteiger partial charge in [-0.1, -0.05) is 17.7 Å². The lowest BCUT2D eigenvalue weighted by atomic mass is 10.2. The van der Waals surface area contributed by atoms with E-state index >= 15 is 0 Å². The number of piperazine rings is 1. The van der Waals surface area contributed by atoms with Crippen molar-refractivity contribution in [1.82, 2.24) is 19.3 Å². The first kappa shape index (κ1) is 21.2. The summed E-state index contributed by atoms with van der Waals surface area (Å²) in [5, 5.41) is 3.23. The van der Waals surface area contributed by atoms with E-state index in [0.717, 1.165) is 22.8 Å². The summed E-state index contributed by atoms with van der Waals surface area (Å²) in [5.74, 6) is 2.80. The van der Waals surface area contributed by atoms with Gasteiger partial charge in [0.2, 0.25) is 10.0 Å². The largest absolute Gasteiger partial charge is 0.354 e.